The molecule has 3 rings (SSSR count). The van der Waals surface area contributed by atoms with E-state index >= 15 is 0 Å². The first-order valence-electron chi connectivity index (χ1n) is 8.14. The molecule has 0 atom stereocenters. The number of benzene rings is 2. The van der Waals surface area contributed by atoms with E-state index in [0.29, 0.717) is 18.0 Å². The Morgan fingerprint density at radius 3 is 2.58 bits per heavy atom. The molecule has 0 fully saturated rings. The van der Waals surface area contributed by atoms with Gasteiger partial charge in [-0.05, 0) is 42.3 Å². The van der Waals surface area contributed by atoms with E-state index in [1.54, 1.807) is 7.11 Å². The topological polar surface area (TPSA) is 80.3 Å². The molecule has 3 aromatic rings. The lowest BCUT2D eigenvalue weighted by Gasteiger charge is -2.06. The highest BCUT2D eigenvalue weighted by Gasteiger charge is 2.08. The van der Waals surface area contributed by atoms with Gasteiger partial charge in [-0.25, -0.2) is 4.98 Å². The minimum atomic E-state index is -0.156. The number of amides is 2. The summed E-state index contributed by atoms with van der Waals surface area (Å²) in [4.78, 5) is 27.6. The van der Waals surface area contributed by atoms with Crippen LogP contribution >= 0.6 is 11.3 Å². The van der Waals surface area contributed by atoms with Gasteiger partial charge < -0.3 is 15.4 Å². The molecule has 0 saturated heterocycles. The molecule has 6 nitrogen and oxygen atoms in total. The Kier molecular flexibility index (Phi) is 5.48. The number of aryl methyl sites for hydroxylation is 1. The van der Waals surface area contributed by atoms with Crippen LogP contribution in [0.2, 0.25) is 0 Å². The number of thiazole rings is 1. The third-order valence-corrected chi connectivity index (χ3v) is 4.69. The van der Waals surface area contributed by atoms with Crippen LogP contribution in [-0.2, 0) is 16.0 Å². The number of nitrogens with zero attached hydrogens (tertiary/aromatic N) is 1. The Labute approximate surface area is 155 Å². The summed E-state index contributed by atoms with van der Waals surface area (Å²) in [5, 5.41) is 6.13. The Morgan fingerprint density at radius 1 is 1.12 bits per heavy atom. The van der Waals surface area contributed by atoms with Crippen molar-refractivity contribution in [3.05, 3.63) is 48.0 Å². The van der Waals surface area contributed by atoms with Gasteiger partial charge in [-0.15, -0.1) is 0 Å². The molecule has 0 saturated carbocycles. The molecule has 26 heavy (non-hydrogen) atoms. The lowest BCUT2D eigenvalue weighted by atomic mass is 10.1. The molecule has 2 N–H and O–H groups in total. The maximum atomic E-state index is 12.2. The number of carbonyl (C=O) groups excluding carboxylic acids is 2. The van der Waals surface area contributed by atoms with Crippen LogP contribution in [0.1, 0.15) is 18.9 Å². The average molecular weight is 369 g/mol. The first-order chi connectivity index (χ1) is 12.5. The van der Waals surface area contributed by atoms with Gasteiger partial charge in [0.2, 0.25) is 11.8 Å². The van der Waals surface area contributed by atoms with Gasteiger partial charge in [-0.2, -0.15) is 0 Å². The normalized spacial score (nSPS) is 10.5. The van der Waals surface area contributed by atoms with Crippen LogP contribution in [0.4, 0.5) is 10.8 Å². The number of hydrogen-bond donors (Lipinski definition) is 2. The Bertz CT molecular complexity index is 935. The molecule has 1 aromatic heterocycles. The molecule has 1 heterocycles. The summed E-state index contributed by atoms with van der Waals surface area (Å²) in [6.45, 7) is 1.44. The van der Waals surface area contributed by atoms with Crippen LogP contribution in [0.15, 0.2) is 42.5 Å². The molecule has 0 radical (unpaired) electrons. The predicted octanol–water partition coefficient (Wildman–Crippen LogP) is 3.83. The monoisotopic (exact) mass is 369 g/mol. The van der Waals surface area contributed by atoms with Gasteiger partial charge in [-0.1, -0.05) is 23.5 Å². The predicted molar refractivity (Wildman–Crippen MR) is 104 cm³/mol. The molecule has 7 heteroatoms. The molecule has 2 amide bonds. The second kappa shape index (κ2) is 7.97. The standard InChI is InChI=1S/C19H19N3O3S/c1-12(23)20-19-22-16-9-6-14(11-17(16)26-19)21-18(24)10-5-13-3-7-15(25-2)8-4-13/h3-4,6-9,11H,5,10H2,1-2H3,(H,21,24)(H,20,22,23). The summed E-state index contributed by atoms with van der Waals surface area (Å²) in [5.74, 6) is 0.595. The van der Waals surface area contributed by atoms with E-state index in [0.717, 1.165) is 27.2 Å². The zero-order valence-electron chi connectivity index (χ0n) is 14.5. The third kappa shape index (κ3) is 4.58. The van der Waals surface area contributed by atoms with Crippen molar-refractivity contribution >= 4 is 44.2 Å². The van der Waals surface area contributed by atoms with Crippen molar-refractivity contribution in [1.29, 1.82) is 0 Å². The highest BCUT2D eigenvalue weighted by Crippen LogP contribution is 2.28. The molecule has 0 aliphatic carbocycles. The third-order valence-electron chi connectivity index (χ3n) is 3.75. The zero-order chi connectivity index (χ0) is 18.5. The van der Waals surface area contributed by atoms with Crippen molar-refractivity contribution < 1.29 is 14.3 Å². The van der Waals surface area contributed by atoms with E-state index < -0.39 is 0 Å². The van der Waals surface area contributed by atoms with Crippen LogP contribution in [0, 0.1) is 0 Å². The van der Waals surface area contributed by atoms with Crippen LogP contribution in [0.25, 0.3) is 10.2 Å². The summed E-state index contributed by atoms with van der Waals surface area (Å²) < 4.78 is 6.03. The fourth-order valence-corrected chi connectivity index (χ4v) is 3.43. The molecule has 0 bridgehead atoms. The summed E-state index contributed by atoms with van der Waals surface area (Å²) in [5.41, 5.74) is 2.59. The highest BCUT2D eigenvalue weighted by molar-refractivity contribution is 7.22. The number of nitrogens with one attached hydrogen (secondary N) is 2. The van der Waals surface area contributed by atoms with E-state index in [2.05, 4.69) is 15.6 Å². The van der Waals surface area contributed by atoms with E-state index in [1.165, 1.54) is 18.3 Å². The maximum absolute atomic E-state index is 12.2. The minimum Gasteiger partial charge on any atom is -0.497 e. The van der Waals surface area contributed by atoms with Crippen molar-refractivity contribution in [3.8, 4) is 5.75 Å². The smallest absolute Gasteiger partial charge is 0.224 e. The average Bonchev–Trinajstić information content (AvgIpc) is 3.01. The van der Waals surface area contributed by atoms with Crippen LogP contribution in [0.3, 0.4) is 0 Å². The second-order valence-corrected chi connectivity index (χ2v) is 6.81. The number of ether oxygens (including phenoxy) is 1. The molecule has 0 aliphatic rings. The quantitative estimate of drug-likeness (QED) is 0.692. The fraction of sp³-hybridized carbons (Fsp3) is 0.211. The Hall–Kier alpha value is -2.93. The van der Waals surface area contributed by atoms with Crippen LogP contribution < -0.4 is 15.4 Å². The molecule has 0 spiro atoms. The first kappa shape index (κ1) is 17.9. The molecule has 0 aliphatic heterocycles. The number of rotatable bonds is 6. The summed E-state index contributed by atoms with van der Waals surface area (Å²) in [6.07, 6.45) is 1.05. The molecular weight excluding hydrogens is 350 g/mol. The van der Waals surface area contributed by atoms with E-state index in [-0.39, 0.29) is 11.8 Å². The Morgan fingerprint density at radius 2 is 1.88 bits per heavy atom. The molecule has 0 unspecified atom stereocenters. The maximum Gasteiger partial charge on any atom is 0.224 e. The lowest BCUT2D eigenvalue weighted by molar-refractivity contribution is -0.116. The number of anilines is 2. The van der Waals surface area contributed by atoms with Gasteiger partial charge in [0.25, 0.3) is 0 Å². The van der Waals surface area contributed by atoms with E-state index in [9.17, 15) is 9.59 Å². The van der Waals surface area contributed by atoms with Gasteiger partial charge >= 0.3 is 0 Å². The number of aromatic nitrogens is 1. The number of hydrogen-bond acceptors (Lipinski definition) is 5. The first-order valence-corrected chi connectivity index (χ1v) is 8.96. The van der Waals surface area contributed by atoms with E-state index in [4.69, 9.17) is 4.74 Å². The number of methoxy groups -OCH3 is 1. The SMILES string of the molecule is COc1ccc(CCC(=O)Nc2ccc3nc(NC(C)=O)sc3c2)cc1. The van der Waals surface area contributed by atoms with Crippen molar-refractivity contribution in [2.75, 3.05) is 17.7 Å². The zero-order valence-corrected chi connectivity index (χ0v) is 15.4. The van der Waals surface area contributed by atoms with Gasteiger partial charge in [0.15, 0.2) is 5.13 Å². The lowest BCUT2D eigenvalue weighted by Crippen LogP contribution is -2.12. The van der Waals surface area contributed by atoms with Gasteiger partial charge in [-0.3, -0.25) is 9.59 Å². The largest absolute Gasteiger partial charge is 0.497 e. The molecule has 2 aromatic carbocycles. The van der Waals surface area contributed by atoms with Crippen molar-refractivity contribution in [2.24, 2.45) is 0 Å². The Balaban J connectivity index is 1.60. The van der Waals surface area contributed by atoms with Crippen LogP contribution in [0.5, 0.6) is 5.75 Å². The van der Waals surface area contributed by atoms with Gasteiger partial charge in [0.05, 0.1) is 17.3 Å². The van der Waals surface area contributed by atoms with Crippen molar-refractivity contribution in [3.63, 3.8) is 0 Å². The minimum absolute atomic E-state index is 0.0493. The van der Waals surface area contributed by atoms with Crippen molar-refractivity contribution in [1.82, 2.24) is 4.98 Å². The number of carbonyl (C=O) groups is 2. The van der Waals surface area contributed by atoms with Crippen molar-refractivity contribution in [2.45, 2.75) is 19.8 Å². The van der Waals surface area contributed by atoms with Gasteiger partial charge in [0, 0.05) is 19.0 Å². The highest BCUT2D eigenvalue weighted by atomic mass is 32.1. The second-order valence-electron chi connectivity index (χ2n) is 5.78. The summed E-state index contributed by atoms with van der Waals surface area (Å²) >= 11 is 1.37. The molecular formula is C19H19N3O3S. The summed E-state index contributed by atoms with van der Waals surface area (Å²) in [7, 11) is 1.63. The van der Waals surface area contributed by atoms with Crippen LogP contribution in [-0.4, -0.2) is 23.9 Å². The summed E-state index contributed by atoms with van der Waals surface area (Å²) in [6, 6.07) is 13.2. The van der Waals surface area contributed by atoms with Gasteiger partial charge in [0.1, 0.15) is 5.75 Å². The fourth-order valence-electron chi connectivity index (χ4n) is 2.48. The number of fused-ring (bicyclic) bond motifs is 1. The van der Waals surface area contributed by atoms with E-state index in [1.807, 2.05) is 42.5 Å². The molecule has 134 valence electrons.